The van der Waals surface area contributed by atoms with Crippen molar-refractivity contribution in [2.24, 2.45) is 0 Å². The Bertz CT molecular complexity index is 990. The number of hydrogen-bond donors (Lipinski definition) is 1. The van der Waals surface area contributed by atoms with Crippen LogP contribution in [0.1, 0.15) is 11.4 Å². The molecule has 7 nitrogen and oxygen atoms in total. The van der Waals surface area contributed by atoms with Crippen molar-refractivity contribution in [3.05, 3.63) is 35.7 Å². The largest absolute Gasteiger partial charge is 0.497 e. The number of aromatic nitrogens is 3. The zero-order valence-electron chi connectivity index (χ0n) is 13.1. The minimum Gasteiger partial charge on any atom is -0.497 e. The molecule has 0 aliphatic heterocycles. The number of halogens is 1. The molecule has 0 saturated carbocycles. The molecule has 0 fully saturated rings. The second-order valence-electron chi connectivity index (χ2n) is 5.16. The monoisotopic (exact) mass is 367 g/mol. The van der Waals surface area contributed by atoms with Crippen molar-refractivity contribution in [2.75, 3.05) is 7.11 Å². The molecule has 2 heterocycles. The van der Waals surface area contributed by atoms with Gasteiger partial charge in [0.05, 0.1) is 12.7 Å². The average Bonchev–Trinajstić information content (AvgIpc) is 3.10. The Hall–Kier alpha value is -2.32. The van der Waals surface area contributed by atoms with Crippen molar-refractivity contribution in [3.63, 3.8) is 0 Å². The van der Waals surface area contributed by atoms with Gasteiger partial charge in [0.2, 0.25) is 5.89 Å². The molecule has 0 atom stereocenters. The molecule has 1 aromatic carbocycles. The molecular weight excluding hydrogens is 354 g/mol. The van der Waals surface area contributed by atoms with Gasteiger partial charge in [-0.15, -0.1) is 10.2 Å². The van der Waals surface area contributed by atoms with Crippen molar-refractivity contribution in [1.29, 1.82) is 0 Å². The third-order valence-corrected chi connectivity index (χ3v) is 5.00. The third-order valence-electron chi connectivity index (χ3n) is 3.54. The predicted molar refractivity (Wildman–Crippen MR) is 88.6 cm³/mol. The molecule has 3 rings (SSSR count). The predicted octanol–water partition coefficient (Wildman–Crippen LogP) is 3.28. The Labute approximate surface area is 143 Å². The molecule has 1 N–H and O–H groups in total. The highest BCUT2D eigenvalue weighted by molar-refractivity contribution is 8.13. The van der Waals surface area contributed by atoms with Crippen molar-refractivity contribution < 1.29 is 17.6 Å². The zero-order chi connectivity index (χ0) is 17.5. The minimum atomic E-state index is -3.96. The van der Waals surface area contributed by atoms with E-state index in [1.165, 1.54) is 0 Å². The van der Waals surface area contributed by atoms with Gasteiger partial charge in [-0.1, -0.05) is 0 Å². The van der Waals surface area contributed by atoms with Crippen LogP contribution in [0.5, 0.6) is 5.75 Å². The number of aryl methyl sites for hydroxylation is 2. The van der Waals surface area contributed by atoms with E-state index in [4.69, 9.17) is 19.8 Å². The summed E-state index contributed by atoms with van der Waals surface area (Å²) in [6.07, 6.45) is 0. The van der Waals surface area contributed by atoms with Crippen molar-refractivity contribution in [2.45, 2.75) is 18.7 Å². The third kappa shape index (κ3) is 2.90. The number of benzene rings is 1. The fourth-order valence-corrected chi connectivity index (χ4v) is 3.97. The first-order valence-electron chi connectivity index (χ1n) is 6.93. The minimum absolute atomic E-state index is 0.0494. The lowest BCUT2D eigenvalue weighted by Gasteiger charge is -2.00. The van der Waals surface area contributed by atoms with Gasteiger partial charge in [0.1, 0.15) is 10.6 Å². The molecule has 24 heavy (non-hydrogen) atoms. The van der Waals surface area contributed by atoms with E-state index in [0.29, 0.717) is 22.7 Å². The van der Waals surface area contributed by atoms with Crippen LogP contribution in [0.15, 0.2) is 33.6 Å². The first-order chi connectivity index (χ1) is 11.3. The Morgan fingerprint density at radius 1 is 1.08 bits per heavy atom. The highest BCUT2D eigenvalue weighted by Crippen LogP contribution is 2.35. The van der Waals surface area contributed by atoms with Gasteiger partial charge in [0.15, 0.2) is 0 Å². The standard InChI is InChI=1S/C15H14ClN3O4S/c1-8-12(13(9(2)17-8)24(16,20)21)15-19-18-14(23-15)10-4-6-11(22-3)7-5-10/h4-7,17H,1-3H3. The summed E-state index contributed by atoms with van der Waals surface area (Å²) in [6, 6.07) is 7.06. The molecule has 9 heteroatoms. The van der Waals surface area contributed by atoms with E-state index in [2.05, 4.69) is 15.2 Å². The van der Waals surface area contributed by atoms with E-state index in [0.717, 1.165) is 0 Å². The summed E-state index contributed by atoms with van der Waals surface area (Å²) < 4.78 is 34.5. The summed E-state index contributed by atoms with van der Waals surface area (Å²) in [5.74, 6) is 1.05. The number of hydrogen-bond acceptors (Lipinski definition) is 6. The van der Waals surface area contributed by atoms with Crippen LogP contribution in [0.4, 0.5) is 0 Å². The first-order valence-corrected chi connectivity index (χ1v) is 9.24. The maximum Gasteiger partial charge on any atom is 0.263 e. The van der Waals surface area contributed by atoms with Crippen LogP contribution in [0.3, 0.4) is 0 Å². The molecule has 0 spiro atoms. The fraction of sp³-hybridized carbons (Fsp3) is 0.200. The van der Waals surface area contributed by atoms with E-state index >= 15 is 0 Å². The molecule has 0 amide bonds. The second kappa shape index (κ2) is 5.95. The van der Waals surface area contributed by atoms with Crippen LogP contribution < -0.4 is 4.74 Å². The maximum atomic E-state index is 11.9. The number of methoxy groups -OCH3 is 1. The van der Waals surface area contributed by atoms with E-state index in [1.807, 2.05) is 0 Å². The summed E-state index contributed by atoms with van der Waals surface area (Å²) in [7, 11) is 3.15. The summed E-state index contributed by atoms with van der Waals surface area (Å²) in [5.41, 5.74) is 1.97. The SMILES string of the molecule is COc1ccc(-c2nnc(-c3c(C)[nH]c(C)c3S(=O)(=O)Cl)o2)cc1. The Balaban J connectivity index is 2.09. The van der Waals surface area contributed by atoms with Gasteiger partial charge < -0.3 is 14.1 Å². The highest BCUT2D eigenvalue weighted by atomic mass is 35.7. The second-order valence-corrected chi connectivity index (χ2v) is 7.66. The van der Waals surface area contributed by atoms with Crippen molar-refractivity contribution in [3.8, 4) is 28.7 Å². The average molecular weight is 368 g/mol. The molecule has 2 aromatic heterocycles. The van der Waals surface area contributed by atoms with Gasteiger partial charge in [-0.2, -0.15) is 0 Å². The summed E-state index contributed by atoms with van der Waals surface area (Å²) >= 11 is 0. The highest BCUT2D eigenvalue weighted by Gasteiger charge is 2.27. The van der Waals surface area contributed by atoms with Crippen molar-refractivity contribution >= 4 is 19.7 Å². The molecule has 0 bridgehead atoms. The topological polar surface area (TPSA) is 98.1 Å². The molecule has 0 radical (unpaired) electrons. The molecule has 0 saturated heterocycles. The summed E-state index contributed by atoms with van der Waals surface area (Å²) in [4.78, 5) is 2.89. The first kappa shape index (κ1) is 16.5. The number of nitrogens with one attached hydrogen (secondary N) is 1. The number of aromatic amines is 1. The Kier molecular flexibility index (Phi) is 4.10. The smallest absolute Gasteiger partial charge is 0.263 e. The number of H-pyrrole nitrogens is 1. The van der Waals surface area contributed by atoms with Gasteiger partial charge in [-0.3, -0.25) is 0 Å². The van der Waals surface area contributed by atoms with Crippen LogP contribution in [0.25, 0.3) is 22.9 Å². The van der Waals surface area contributed by atoms with E-state index in [1.54, 1.807) is 45.2 Å². The van der Waals surface area contributed by atoms with Crippen LogP contribution in [-0.2, 0) is 9.05 Å². The van der Waals surface area contributed by atoms with Gasteiger partial charge in [0, 0.05) is 27.6 Å². The lowest BCUT2D eigenvalue weighted by atomic mass is 10.2. The number of nitrogens with zero attached hydrogens (tertiary/aromatic N) is 2. The summed E-state index contributed by atoms with van der Waals surface area (Å²) in [6.45, 7) is 3.33. The zero-order valence-corrected chi connectivity index (χ0v) is 14.7. The molecule has 126 valence electrons. The van der Waals surface area contributed by atoms with Crippen LogP contribution in [0, 0.1) is 13.8 Å². The molecule has 0 aliphatic carbocycles. The van der Waals surface area contributed by atoms with Crippen LogP contribution in [-0.4, -0.2) is 30.7 Å². The van der Waals surface area contributed by atoms with Gasteiger partial charge in [-0.05, 0) is 38.1 Å². The van der Waals surface area contributed by atoms with Gasteiger partial charge in [-0.25, -0.2) is 8.42 Å². The number of ether oxygens (including phenoxy) is 1. The van der Waals surface area contributed by atoms with Gasteiger partial charge in [0.25, 0.3) is 14.9 Å². The molecule has 3 aromatic rings. The summed E-state index contributed by atoms with van der Waals surface area (Å²) in [5, 5.41) is 7.95. The lowest BCUT2D eigenvalue weighted by molar-refractivity contribution is 0.415. The van der Waals surface area contributed by atoms with E-state index in [-0.39, 0.29) is 22.2 Å². The van der Waals surface area contributed by atoms with Crippen LogP contribution in [0.2, 0.25) is 0 Å². The molecule has 0 unspecified atom stereocenters. The quantitative estimate of drug-likeness (QED) is 0.710. The lowest BCUT2D eigenvalue weighted by Crippen LogP contribution is -1.94. The maximum absolute atomic E-state index is 11.9. The van der Waals surface area contributed by atoms with E-state index < -0.39 is 9.05 Å². The number of rotatable bonds is 4. The normalized spacial score (nSPS) is 11.7. The van der Waals surface area contributed by atoms with Gasteiger partial charge >= 0.3 is 0 Å². The molecular formula is C15H14ClN3O4S. The van der Waals surface area contributed by atoms with Crippen molar-refractivity contribution in [1.82, 2.24) is 15.2 Å². The van der Waals surface area contributed by atoms with E-state index in [9.17, 15) is 8.42 Å². The fourth-order valence-electron chi connectivity index (χ4n) is 2.50. The Morgan fingerprint density at radius 3 is 2.29 bits per heavy atom. The van der Waals surface area contributed by atoms with Crippen LogP contribution >= 0.6 is 10.7 Å². The Morgan fingerprint density at radius 2 is 1.71 bits per heavy atom. The molecule has 0 aliphatic rings.